The smallest absolute Gasteiger partial charge is 0.338 e. The van der Waals surface area contributed by atoms with Crippen LogP contribution in [0.25, 0.3) is 0 Å². The highest BCUT2D eigenvalue weighted by molar-refractivity contribution is 7.89. The Morgan fingerprint density at radius 2 is 2.00 bits per heavy atom. The third-order valence-corrected chi connectivity index (χ3v) is 4.79. The largest absolute Gasteiger partial charge is 0.478 e. The molecule has 0 bridgehead atoms. The molecule has 118 valence electrons. The quantitative estimate of drug-likeness (QED) is 0.786. The molecule has 0 spiro atoms. The van der Waals surface area contributed by atoms with E-state index in [4.69, 9.17) is 21.8 Å². The van der Waals surface area contributed by atoms with Gasteiger partial charge in [0.1, 0.15) is 4.90 Å². The number of carboxylic acids is 1. The predicted octanol–water partition coefficient (Wildman–Crippen LogP) is 1.57. The normalized spacial score (nSPS) is 11.9. The van der Waals surface area contributed by atoms with Crippen molar-refractivity contribution in [1.82, 2.24) is 4.31 Å². The molecule has 0 aromatic heterocycles. The van der Waals surface area contributed by atoms with Gasteiger partial charge in [-0.15, -0.1) is 0 Å². The number of rotatable bonds is 7. The molecule has 0 aliphatic carbocycles. The molecule has 0 unspecified atom stereocenters. The van der Waals surface area contributed by atoms with Crippen LogP contribution >= 0.6 is 11.6 Å². The summed E-state index contributed by atoms with van der Waals surface area (Å²) in [6.07, 6.45) is 0.452. The molecule has 0 radical (unpaired) electrons. The van der Waals surface area contributed by atoms with E-state index in [1.165, 1.54) is 0 Å². The SMILES string of the molecule is CCCN(CCO)S(=O)(=O)c1cc(Cl)cc(C(=O)O)c1F. The summed E-state index contributed by atoms with van der Waals surface area (Å²) in [7, 11) is -4.28. The van der Waals surface area contributed by atoms with Gasteiger partial charge in [-0.2, -0.15) is 4.31 Å². The van der Waals surface area contributed by atoms with Gasteiger partial charge in [-0.05, 0) is 18.6 Å². The Morgan fingerprint density at radius 1 is 1.38 bits per heavy atom. The van der Waals surface area contributed by atoms with E-state index in [0.29, 0.717) is 6.42 Å². The number of aliphatic hydroxyl groups excluding tert-OH is 1. The zero-order valence-corrected chi connectivity index (χ0v) is 12.8. The molecule has 0 aliphatic rings. The topological polar surface area (TPSA) is 94.9 Å². The molecule has 9 heteroatoms. The lowest BCUT2D eigenvalue weighted by Crippen LogP contribution is -2.35. The summed E-state index contributed by atoms with van der Waals surface area (Å²) >= 11 is 5.67. The Labute approximate surface area is 126 Å². The number of hydrogen-bond donors (Lipinski definition) is 2. The molecule has 0 amide bonds. The van der Waals surface area contributed by atoms with E-state index in [1.807, 2.05) is 0 Å². The average Bonchev–Trinajstić information content (AvgIpc) is 2.40. The number of halogens is 2. The summed E-state index contributed by atoms with van der Waals surface area (Å²) < 4.78 is 39.8. The summed E-state index contributed by atoms with van der Waals surface area (Å²) in [5.41, 5.74) is -0.818. The van der Waals surface area contributed by atoms with Gasteiger partial charge in [0.2, 0.25) is 10.0 Å². The summed E-state index contributed by atoms with van der Waals surface area (Å²) in [4.78, 5) is 10.1. The van der Waals surface area contributed by atoms with E-state index < -0.39 is 38.9 Å². The van der Waals surface area contributed by atoms with E-state index in [0.717, 1.165) is 16.4 Å². The lowest BCUT2D eigenvalue weighted by atomic mass is 10.2. The van der Waals surface area contributed by atoms with E-state index in [-0.39, 0.29) is 18.1 Å². The lowest BCUT2D eigenvalue weighted by molar-refractivity contribution is 0.0691. The van der Waals surface area contributed by atoms with E-state index in [1.54, 1.807) is 6.92 Å². The first kappa shape index (κ1) is 17.8. The highest BCUT2D eigenvalue weighted by atomic mass is 35.5. The Balaban J connectivity index is 3.46. The third-order valence-electron chi connectivity index (χ3n) is 2.67. The second kappa shape index (κ2) is 7.17. The summed E-state index contributed by atoms with van der Waals surface area (Å²) in [6, 6.07) is 1.70. The second-order valence-electron chi connectivity index (χ2n) is 4.20. The molecule has 6 nitrogen and oxygen atoms in total. The van der Waals surface area contributed by atoms with Gasteiger partial charge in [0.25, 0.3) is 0 Å². The molecule has 0 saturated carbocycles. The fourth-order valence-electron chi connectivity index (χ4n) is 1.76. The zero-order valence-electron chi connectivity index (χ0n) is 11.2. The van der Waals surface area contributed by atoms with Crippen LogP contribution in [-0.2, 0) is 10.0 Å². The molecule has 2 N–H and O–H groups in total. The van der Waals surface area contributed by atoms with Crippen LogP contribution in [0.1, 0.15) is 23.7 Å². The van der Waals surface area contributed by atoms with Crippen molar-refractivity contribution in [3.05, 3.63) is 28.5 Å². The number of aliphatic hydroxyl groups is 1. The van der Waals surface area contributed by atoms with Crippen molar-refractivity contribution >= 4 is 27.6 Å². The van der Waals surface area contributed by atoms with Gasteiger partial charge in [0.05, 0.1) is 12.2 Å². The Kier molecular flexibility index (Phi) is 6.09. The van der Waals surface area contributed by atoms with Crippen LogP contribution in [0.5, 0.6) is 0 Å². The number of carbonyl (C=O) groups is 1. The number of sulfonamides is 1. The van der Waals surface area contributed by atoms with Gasteiger partial charge in [-0.3, -0.25) is 0 Å². The molecule has 1 aromatic rings. The van der Waals surface area contributed by atoms with E-state index in [2.05, 4.69) is 0 Å². The highest BCUT2D eigenvalue weighted by Crippen LogP contribution is 2.26. The third kappa shape index (κ3) is 3.91. The van der Waals surface area contributed by atoms with Gasteiger partial charge in [-0.1, -0.05) is 18.5 Å². The minimum Gasteiger partial charge on any atom is -0.478 e. The van der Waals surface area contributed by atoms with Crippen molar-refractivity contribution < 1.29 is 27.8 Å². The summed E-state index contributed by atoms with van der Waals surface area (Å²) in [5, 5.41) is 17.6. The molecule has 1 rings (SSSR count). The first-order chi connectivity index (χ1) is 9.75. The molecule has 21 heavy (non-hydrogen) atoms. The van der Waals surface area contributed by atoms with Crippen LogP contribution in [0.2, 0.25) is 5.02 Å². The Bertz CT molecular complexity index is 629. The Morgan fingerprint density at radius 3 is 2.48 bits per heavy atom. The van der Waals surface area contributed by atoms with Crippen molar-refractivity contribution in [3.8, 4) is 0 Å². The van der Waals surface area contributed by atoms with Crippen molar-refractivity contribution in [2.45, 2.75) is 18.2 Å². The van der Waals surface area contributed by atoms with Gasteiger partial charge >= 0.3 is 5.97 Å². The lowest BCUT2D eigenvalue weighted by Gasteiger charge is -2.21. The minimum atomic E-state index is -4.28. The molecular weight excluding hydrogens is 325 g/mol. The van der Waals surface area contributed by atoms with Crippen molar-refractivity contribution in [3.63, 3.8) is 0 Å². The highest BCUT2D eigenvalue weighted by Gasteiger charge is 2.30. The maximum absolute atomic E-state index is 14.1. The first-order valence-electron chi connectivity index (χ1n) is 6.09. The fraction of sp³-hybridized carbons (Fsp3) is 0.417. The van der Waals surface area contributed by atoms with E-state index >= 15 is 0 Å². The Hall–Kier alpha value is -1.22. The van der Waals surface area contributed by atoms with Crippen LogP contribution in [0.4, 0.5) is 4.39 Å². The number of hydrogen-bond acceptors (Lipinski definition) is 4. The molecule has 0 aliphatic heterocycles. The molecule has 1 aromatic carbocycles. The molecule has 0 fully saturated rings. The number of aromatic carboxylic acids is 1. The van der Waals surface area contributed by atoms with Crippen LogP contribution in [0, 0.1) is 5.82 Å². The fourth-order valence-corrected chi connectivity index (χ4v) is 3.68. The average molecular weight is 340 g/mol. The van der Waals surface area contributed by atoms with Crippen LogP contribution in [0.3, 0.4) is 0 Å². The van der Waals surface area contributed by atoms with Crippen LogP contribution in [0.15, 0.2) is 17.0 Å². The maximum Gasteiger partial charge on any atom is 0.338 e. The van der Waals surface area contributed by atoms with Gasteiger partial charge in [0, 0.05) is 18.1 Å². The number of carboxylic acid groups (broad SMARTS) is 1. The monoisotopic (exact) mass is 339 g/mol. The summed E-state index contributed by atoms with van der Waals surface area (Å²) in [5.74, 6) is -2.98. The van der Waals surface area contributed by atoms with Crippen molar-refractivity contribution in [2.24, 2.45) is 0 Å². The minimum absolute atomic E-state index is 0.0667. The summed E-state index contributed by atoms with van der Waals surface area (Å²) in [6.45, 7) is 1.13. The standard InChI is InChI=1S/C12H15ClFNO5S/c1-2-3-15(4-5-16)21(19,20)10-7-8(13)6-9(11(10)14)12(17)18/h6-7,16H,2-5H2,1H3,(H,17,18). The van der Waals surface area contributed by atoms with E-state index in [9.17, 15) is 17.6 Å². The van der Waals surface area contributed by atoms with Crippen molar-refractivity contribution in [1.29, 1.82) is 0 Å². The first-order valence-corrected chi connectivity index (χ1v) is 7.90. The molecule has 0 heterocycles. The second-order valence-corrected chi connectivity index (χ2v) is 6.54. The van der Waals surface area contributed by atoms with Crippen LogP contribution in [-0.4, -0.2) is 48.6 Å². The number of benzene rings is 1. The predicted molar refractivity (Wildman–Crippen MR) is 74.5 cm³/mol. The van der Waals surface area contributed by atoms with Crippen LogP contribution < -0.4 is 0 Å². The molecular formula is C12H15ClFNO5S. The molecule has 0 saturated heterocycles. The van der Waals surface area contributed by atoms with Crippen molar-refractivity contribution in [2.75, 3.05) is 19.7 Å². The zero-order chi connectivity index (χ0) is 16.2. The molecule has 0 atom stereocenters. The number of nitrogens with zero attached hydrogens (tertiary/aromatic N) is 1. The van der Waals surface area contributed by atoms with Gasteiger partial charge in [0.15, 0.2) is 5.82 Å². The van der Waals surface area contributed by atoms with Gasteiger partial charge < -0.3 is 10.2 Å². The van der Waals surface area contributed by atoms with Gasteiger partial charge in [-0.25, -0.2) is 17.6 Å². The maximum atomic E-state index is 14.1.